The van der Waals surface area contributed by atoms with Crippen LogP contribution in [0.1, 0.15) is 31.4 Å². The van der Waals surface area contributed by atoms with Gasteiger partial charge in [0.25, 0.3) is 0 Å². The monoisotopic (exact) mass is 188 g/mol. The van der Waals surface area contributed by atoms with Crippen LogP contribution in [0.4, 0.5) is 5.95 Å². The molecule has 72 valence electrons. The highest BCUT2D eigenvalue weighted by Crippen LogP contribution is 2.20. The summed E-state index contributed by atoms with van der Waals surface area (Å²) in [6, 6.07) is 4.10. The molecule has 1 fully saturated rings. The van der Waals surface area contributed by atoms with Gasteiger partial charge in [-0.1, -0.05) is 12.8 Å². The van der Waals surface area contributed by atoms with Crippen molar-refractivity contribution in [2.24, 2.45) is 0 Å². The van der Waals surface area contributed by atoms with Crippen molar-refractivity contribution in [3.63, 3.8) is 0 Å². The van der Waals surface area contributed by atoms with Crippen molar-refractivity contribution in [2.45, 2.75) is 31.7 Å². The predicted octanol–water partition coefficient (Wildman–Crippen LogP) is 1.70. The van der Waals surface area contributed by atoms with Crippen LogP contribution in [-0.4, -0.2) is 16.0 Å². The number of nitrogens with zero attached hydrogens (tertiary/aromatic N) is 3. The standard InChI is InChI=1S/C10H12N4/c11-7-9-5-6-12-10(14-9)13-8-3-1-2-4-8/h5-6,8H,1-4H2,(H,12,13,14). The van der Waals surface area contributed by atoms with Gasteiger partial charge in [-0.2, -0.15) is 5.26 Å². The van der Waals surface area contributed by atoms with E-state index in [9.17, 15) is 0 Å². The van der Waals surface area contributed by atoms with E-state index >= 15 is 0 Å². The summed E-state index contributed by atoms with van der Waals surface area (Å²) >= 11 is 0. The molecule has 1 aliphatic carbocycles. The summed E-state index contributed by atoms with van der Waals surface area (Å²) in [6.45, 7) is 0. The molecule has 1 aliphatic rings. The van der Waals surface area contributed by atoms with Gasteiger partial charge in [-0.25, -0.2) is 9.97 Å². The highest BCUT2D eigenvalue weighted by Gasteiger charge is 2.15. The van der Waals surface area contributed by atoms with Crippen LogP contribution in [0.3, 0.4) is 0 Å². The molecule has 0 saturated heterocycles. The first kappa shape index (κ1) is 8.95. The zero-order chi connectivity index (χ0) is 9.80. The molecule has 4 heteroatoms. The van der Waals surface area contributed by atoms with Gasteiger partial charge in [0, 0.05) is 12.2 Å². The first-order valence-electron chi connectivity index (χ1n) is 4.88. The smallest absolute Gasteiger partial charge is 0.224 e. The van der Waals surface area contributed by atoms with Gasteiger partial charge in [0.15, 0.2) is 0 Å². The largest absolute Gasteiger partial charge is 0.351 e. The maximum absolute atomic E-state index is 8.65. The van der Waals surface area contributed by atoms with Crippen molar-refractivity contribution >= 4 is 5.95 Å². The molecule has 0 atom stereocenters. The third-order valence-electron chi connectivity index (χ3n) is 2.46. The molecule has 1 heterocycles. The van der Waals surface area contributed by atoms with Gasteiger partial charge in [0.05, 0.1) is 0 Å². The third-order valence-corrected chi connectivity index (χ3v) is 2.46. The van der Waals surface area contributed by atoms with Crippen LogP contribution in [0.15, 0.2) is 12.3 Å². The Labute approximate surface area is 83.0 Å². The molecule has 0 bridgehead atoms. The molecule has 4 nitrogen and oxygen atoms in total. The second kappa shape index (κ2) is 4.05. The van der Waals surface area contributed by atoms with Gasteiger partial charge in [0.1, 0.15) is 11.8 Å². The molecule has 1 saturated carbocycles. The average Bonchev–Trinajstić information content (AvgIpc) is 2.71. The van der Waals surface area contributed by atoms with E-state index in [2.05, 4.69) is 15.3 Å². The molecular formula is C10H12N4. The van der Waals surface area contributed by atoms with Crippen LogP contribution in [0.2, 0.25) is 0 Å². The van der Waals surface area contributed by atoms with Crippen molar-refractivity contribution in [1.82, 2.24) is 9.97 Å². The fourth-order valence-electron chi connectivity index (χ4n) is 1.74. The first-order valence-corrected chi connectivity index (χ1v) is 4.88. The molecule has 0 aromatic carbocycles. The third kappa shape index (κ3) is 1.99. The van der Waals surface area contributed by atoms with E-state index in [4.69, 9.17) is 5.26 Å². The minimum atomic E-state index is 0.417. The molecule has 1 N–H and O–H groups in total. The van der Waals surface area contributed by atoms with Crippen molar-refractivity contribution < 1.29 is 0 Å². The summed E-state index contributed by atoms with van der Waals surface area (Å²) in [4.78, 5) is 8.15. The molecule has 14 heavy (non-hydrogen) atoms. The molecule has 0 unspecified atom stereocenters. The minimum absolute atomic E-state index is 0.417. The highest BCUT2D eigenvalue weighted by atomic mass is 15.1. The Hall–Kier alpha value is -1.63. The van der Waals surface area contributed by atoms with Crippen LogP contribution in [-0.2, 0) is 0 Å². The molecule has 0 radical (unpaired) electrons. The van der Waals surface area contributed by atoms with E-state index in [-0.39, 0.29) is 0 Å². The zero-order valence-electron chi connectivity index (χ0n) is 7.90. The molecule has 1 aromatic heterocycles. The lowest BCUT2D eigenvalue weighted by molar-refractivity contribution is 0.743. The van der Waals surface area contributed by atoms with Crippen LogP contribution in [0.25, 0.3) is 0 Å². The quantitative estimate of drug-likeness (QED) is 0.767. The van der Waals surface area contributed by atoms with Gasteiger partial charge in [-0.05, 0) is 18.9 Å². The van der Waals surface area contributed by atoms with Crippen LogP contribution >= 0.6 is 0 Å². The van der Waals surface area contributed by atoms with E-state index in [0.29, 0.717) is 17.7 Å². The number of nitriles is 1. The number of hydrogen-bond donors (Lipinski definition) is 1. The number of rotatable bonds is 2. The summed E-state index contributed by atoms with van der Waals surface area (Å²) in [6.07, 6.45) is 6.52. The van der Waals surface area contributed by atoms with Crippen LogP contribution in [0, 0.1) is 11.3 Å². The summed E-state index contributed by atoms with van der Waals surface area (Å²) < 4.78 is 0. The summed E-state index contributed by atoms with van der Waals surface area (Å²) in [5.74, 6) is 0.580. The van der Waals surface area contributed by atoms with E-state index in [1.807, 2.05) is 6.07 Å². The molecule has 0 amide bonds. The normalized spacial score (nSPS) is 16.5. The Balaban J connectivity index is 2.05. The second-order valence-corrected chi connectivity index (χ2v) is 3.50. The SMILES string of the molecule is N#Cc1ccnc(NC2CCCC2)n1. The molecular weight excluding hydrogens is 176 g/mol. The van der Waals surface area contributed by atoms with Gasteiger partial charge in [0.2, 0.25) is 5.95 Å². The number of aromatic nitrogens is 2. The lowest BCUT2D eigenvalue weighted by atomic mass is 10.2. The maximum Gasteiger partial charge on any atom is 0.224 e. The van der Waals surface area contributed by atoms with Crippen LogP contribution < -0.4 is 5.32 Å². The summed E-state index contributed by atoms with van der Waals surface area (Å²) in [5.41, 5.74) is 0.417. The Kier molecular flexibility index (Phi) is 2.59. The van der Waals surface area contributed by atoms with Crippen molar-refractivity contribution in [3.05, 3.63) is 18.0 Å². The van der Waals surface area contributed by atoms with Gasteiger partial charge in [-0.15, -0.1) is 0 Å². The number of nitrogens with one attached hydrogen (secondary N) is 1. The Bertz CT molecular complexity index is 349. The van der Waals surface area contributed by atoms with E-state index in [1.165, 1.54) is 25.7 Å². The Morgan fingerprint density at radius 2 is 2.21 bits per heavy atom. The summed E-state index contributed by atoms with van der Waals surface area (Å²) in [7, 11) is 0. The van der Waals surface area contributed by atoms with Crippen LogP contribution in [0.5, 0.6) is 0 Å². The van der Waals surface area contributed by atoms with Gasteiger partial charge < -0.3 is 5.32 Å². The maximum atomic E-state index is 8.65. The Morgan fingerprint density at radius 1 is 1.43 bits per heavy atom. The van der Waals surface area contributed by atoms with E-state index in [0.717, 1.165) is 0 Å². The minimum Gasteiger partial charge on any atom is -0.351 e. The number of anilines is 1. The lowest BCUT2D eigenvalue weighted by Gasteiger charge is -2.10. The predicted molar refractivity (Wildman–Crippen MR) is 52.6 cm³/mol. The van der Waals surface area contributed by atoms with Crippen molar-refractivity contribution in [2.75, 3.05) is 5.32 Å². The van der Waals surface area contributed by atoms with Gasteiger partial charge in [-0.3, -0.25) is 0 Å². The van der Waals surface area contributed by atoms with E-state index in [1.54, 1.807) is 12.3 Å². The van der Waals surface area contributed by atoms with E-state index < -0.39 is 0 Å². The van der Waals surface area contributed by atoms with Crippen molar-refractivity contribution in [3.8, 4) is 6.07 Å². The molecule has 0 aliphatic heterocycles. The Morgan fingerprint density at radius 3 is 2.93 bits per heavy atom. The second-order valence-electron chi connectivity index (χ2n) is 3.50. The highest BCUT2D eigenvalue weighted by molar-refractivity contribution is 5.31. The summed E-state index contributed by atoms with van der Waals surface area (Å²) in [5, 5.41) is 11.9. The van der Waals surface area contributed by atoms with Gasteiger partial charge >= 0.3 is 0 Å². The molecule has 2 rings (SSSR count). The fourth-order valence-corrected chi connectivity index (χ4v) is 1.74. The zero-order valence-corrected chi connectivity index (χ0v) is 7.90. The lowest BCUT2D eigenvalue weighted by Crippen LogP contribution is -2.16. The number of hydrogen-bond acceptors (Lipinski definition) is 4. The molecule has 0 spiro atoms. The van der Waals surface area contributed by atoms with Crippen molar-refractivity contribution in [1.29, 1.82) is 5.26 Å². The topological polar surface area (TPSA) is 61.6 Å². The average molecular weight is 188 g/mol. The molecule has 1 aromatic rings. The fraction of sp³-hybridized carbons (Fsp3) is 0.500. The first-order chi connectivity index (χ1) is 6.88.